The van der Waals surface area contributed by atoms with Crippen molar-refractivity contribution in [2.45, 2.75) is 17.9 Å². The maximum Gasteiger partial charge on any atom is 0.337 e. The monoisotopic (exact) mass is 422 g/mol. The number of methoxy groups -OCH3 is 1. The Kier molecular flexibility index (Phi) is 5.36. The van der Waals surface area contributed by atoms with Gasteiger partial charge in [0.2, 0.25) is 0 Å². The molecule has 1 N–H and O–H groups in total. The SMILES string of the molecule is COC(=O)c1ccc(C)c(NC(=O)N(C)[C@@H]2CS(=O)(=O)c3ccc(Cl)cc32)c1. The average Bonchev–Trinajstić information content (AvgIpc) is 2.92. The molecule has 9 heteroatoms. The molecule has 0 unspecified atom stereocenters. The third kappa shape index (κ3) is 3.70. The van der Waals surface area contributed by atoms with Crippen molar-refractivity contribution in [3.63, 3.8) is 0 Å². The fraction of sp³-hybridized carbons (Fsp3) is 0.263. The third-order valence-corrected chi connectivity index (χ3v) is 6.76. The van der Waals surface area contributed by atoms with Crippen molar-refractivity contribution >= 4 is 39.1 Å². The lowest BCUT2D eigenvalue weighted by molar-refractivity contribution is 0.0600. The van der Waals surface area contributed by atoms with Crippen LogP contribution in [0.2, 0.25) is 5.02 Å². The van der Waals surface area contributed by atoms with Crippen LogP contribution in [0.1, 0.15) is 27.5 Å². The topological polar surface area (TPSA) is 92.8 Å². The van der Waals surface area contributed by atoms with Crippen LogP contribution in [0.25, 0.3) is 0 Å². The molecule has 0 spiro atoms. The summed E-state index contributed by atoms with van der Waals surface area (Å²) >= 11 is 6.02. The van der Waals surface area contributed by atoms with E-state index < -0.39 is 27.9 Å². The largest absolute Gasteiger partial charge is 0.465 e. The molecule has 148 valence electrons. The van der Waals surface area contributed by atoms with Crippen LogP contribution in [0.3, 0.4) is 0 Å². The lowest BCUT2D eigenvalue weighted by Crippen LogP contribution is -2.35. The summed E-state index contributed by atoms with van der Waals surface area (Å²) in [5.41, 5.74) is 1.97. The minimum atomic E-state index is -3.49. The number of sulfone groups is 1. The molecule has 0 aromatic heterocycles. The normalized spacial score (nSPS) is 16.9. The highest BCUT2D eigenvalue weighted by atomic mass is 35.5. The zero-order valence-corrected chi connectivity index (χ0v) is 17.1. The summed E-state index contributed by atoms with van der Waals surface area (Å²) in [5, 5.41) is 3.13. The van der Waals surface area contributed by atoms with E-state index in [2.05, 4.69) is 5.32 Å². The van der Waals surface area contributed by atoms with Crippen LogP contribution in [-0.4, -0.2) is 45.2 Å². The summed E-state index contributed by atoms with van der Waals surface area (Å²) in [6, 6.07) is 8.19. The van der Waals surface area contributed by atoms with E-state index >= 15 is 0 Å². The van der Waals surface area contributed by atoms with Crippen molar-refractivity contribution in [3.8, 4) is 0 Å². The smallest absolute Gasteiger partial charge is 0.337 e. The van der Waals surface area contributed by atoms with Gasteiger partial charge in [-0.3, -0.25) is 0 Å². The number of hydrogen-bond acceptors (Lipinski definition) is 5. The van der Waals surface area contributed by atoms with E-state index in [4.69, 9.17) is 16.3 Å². The molecule has 0 aliphatic carbocycles. The second-order valence-electron chi connectivity index (χ2n) is 6.54. The highest BCUT2D eigenvalue weighted by molar-refractivity contribution is 7.91. The van der Waals surface area contributed by atoms with Gasteiger partial charge in [0.15, 0.2) is 9.84 Å². The Morgan fingerprint density at radius 2 is 1.93 bits per heavy atom. The lowest BCUT2D eigenvalue weighted by Gasteiger charge is -2.25. The quantitative estimate of drug-likeness (QED) is 0.765. The van der Waals surface area contributed by atoms with E-state index in [9.17, 15) is 18.0 Å². The van der Waals surface area contributed by atoms with Gasteiger partial charge in [-0.25, -0.2) is 18.0 Å². The molecule has 0 saturated heterocycles. The summed E-state index contributed by atoms with van der Waals surface area (Å²) in [5.74, 6) is -0.734. The number of anilines is 1. The summed E-state index contributed by atoms with van der Waals surface area (Å²) in [7, 11) is -0.700. The van der Waals surface area contributed by atoms with Gasteiger partial charge < -0.3 is 15.0 Å². The molecule has 0 fully saturated rings. The van der Waals surface area contributed by atoms with E-state index in [0.29, 0.717) is 21.8 Å². The van der Waals surface area contributed by atoms with E-state index in [0.717, 1.165) is 5.56 Å². The Labute approximate surface area is 168 Å². The van der Waals surface area contributed by atoms with Crippen LogP contribution in [0.15, 0.2) is 41.3 Å². The number of ether oxygens (including phenoxy) is 1. The number of nitrogens with zero attached hydrogens (tertiary/aromatic N) is 1. The van der Waals surface area contributed by atoms with E-state index in [1.807, 2.05) is 0 Å². The first-order valence-corrected chi connectivity index (χ1v) is 10.4. The maximum absolute atomic E-state index is 12.8. The van der Waals surface area contributed by atoms with E-state index in [-0.39, 0.29) is 10.6 Å². The van der Waals surface area contributed by atoms with Crippen LogP contribution < -0.4 is 5.32 Å². The van der Waals surface area contributed by atoms with Crippen molar-refractivity contribution in [1.82, 2.24) is 4.90 Å². The predicted molar refractivity (Wildman–Crippen MR) is 106 cm³/mol. The Balaban J connectivity index is 1.87. The van der Waals surface area contributed by atoms with Gasteiger partial charge in [0, 0.05) is 17.8 Å². The molecule has 1 atom stereocenters. The Morgan fingerprint density at radius 1 is 1.21 bits per heavy atom. The summed E-state index contributed by atoms with van der Waals surface area (Å²) in [4.78, 5) is 26.0. The number of benzene rings is 2. The molecular weight excluding hydrogens is 404 g/mol. The molecule has 0 radical (unpaired) electrons. The predicted octanol–water partition coefficient (Wildman–Crippen LogP) is 3.43. The minimum Gasteiger partial charge on any atom is -0.465 e. The zero-order valence-electron chi connectivity index (χ0n) is 15.5. The van der Waals surface area contributed by atoms with Crippen LogP contribution in [0.4, 0.5) is 10.5 Å². The zero-order chi connectivity index (χ0) is 20.6. The summed E-state index contributed by atoms with van der Waals surface area (Å²) < 4.78 is 29.5. The minimum absolute atomic E-state index is 0.186. The highest BCUT2D eigenvalue weighted by Crippen LogP contribution is 2.38. The molecule has 0 saturated carbocycles. The van der Waals surface area contributed by atoms with Crippen molar-refractivity contribution in [2.75, 3.05) is 25.2 Å². The summed E-state index contributed by atoms with van der Waals surface area (Å²) in [6.07, 6.45) is 0. The first-order chi connectivity index (χ1) is 13.1. The summed E-state index contributed by atoms with van der Waals surface area (Å²) in [6.45, 7) is 1.78. The number of halogens is 1. The van der Waals surface area contributed by atoms with Crippen molar-refractivity contribution in [1.29, 1.82) is 0 Å². The number of esters is 1. The number of nitrogens with one attached hydrogen (secondary N) is 1. The molecule has 7 nitrogen and oxygen atoms in total. The van der Waals surface area contributed by atoms with E-state index in [1.54, 1.807) is 25.1 Å². The lowest BCUT2D eigenvalue weighted by atomic mass is 10.1. The van der Waals surface area contributed by atoms with Crippen LogP contribution in [-0.2, 0) is 14.6 Å². The van der Waals surface area contributed by atoms with Crippen molar-refractivity contribution < 1.29 is 22.7 Å². The fourth-order valence-corrected chi connectivity index (χ4v) is 5.13. The van der Waals surface area contributed by atoms with Crippen molar-refractivity contribution in [2.24, 2.45) is 0 Å². The second kappa shape index (κ2) is 7.44. The molecule has 1 aliphatic heterocycles. The molecule has 0 bridgehead atoms. The van der Waals surface area contributed by atoms with Gasteiger partial charge in [-0.05, 0) is 48.4 Å². The standard InChI is InChI=1S/C19H19ClN2O5S/c1-11-4-5-12(18(23)27-3)8-15(11)21-19(24)22(2)16-10-28(25,26)17-7-6-13(20)9-14(16)17/h4-9,16H,10H2,1-3H3,(H,21,24)/t16-/m1/s1. The van der Waals surface area contributed by atoms with Gasteiger partial charge in [0.25, 0.3) is 0 Å². The van der Waals surface area contributed by atoms with E-state index in [1.165, 1.54) is 37.3 Å². The fourth-order valence-electron chi connectivity index (χ4n) is 3.12. The van der Waals surface area contributed by atoms with Gasteiger partial charge >= 0.3 is 12.0 Å². The number of fused-ring (bicyclic) bond motifs is 1. The second-order valence-corrected chi connectivity index (χ2v) is 8.98. The van der Waals surface area contributed by atoms with Gasteiger partial charge in [-0.15, -0.1) is 0 Å². The number of carbonyl (C=O) groups is 2. The van der Waals surface area contributed by atoms with Gasteiger partial charge in [0.1, 0.15) is 0 Å². The Hall–Kier alpha value is -2.58. The Morgan fingerprint density at radius 3 is 2.61 bits per heavy atom. The van der Waals surface area contributed by atoms with Crippen LogP contribution in [0, 0.1) is 6.92 Å². The number of aryl methyl sites for hydroxylation is 1. The van der Waals surface area contributed by atoms with Gasteiger partial charge in [0.05, 0.1) is 29.4 Å². The number of urea groups is 1. The van der Waals surface area contributed by atoms with Gasteiger partial charge in [-0.2, -0.15) is 0 Å². The number of rotatable bonds is 3. The first kappa shape index (κ1) is 20.2. The van der Waals surface area contributed by atoms with Crippen molar-refractivity contribution in [3.05, 3.63) is 58.1 Å². The molecule has 2 amide bonds. The molecule has 1 aliphatic rings. The third-order valence-electron chi connectivity index (χ3n) is 4.73. The highest BCUT2D eigenvalue weighted by Gasteiger charge is 2.38. The first-order valence-electron chi connectivity index (χ1n) is 8.39. The van der Waals surface area contributed by atoms with Crippen LogP contribution in [0.5, 0.6) is 0 Å². The average molecular weight is 423 g/mol. The number of hydrogen-bond donors (Lipinski definition) is 1. The van der Waals surface area contributed by atoms with Crippen LogP contribution >= 0.6 is 11.6 Å². The number of carbonyl (C=O) groups excluding carboxylic acids is 2. The molecule has 1 heterocycles. The van der Waals surface area contributed by atoms with Gasteiger partial charge in [-0.1, -0.05) is 17.7 Å². The molecule has 28 heavy (non-hydrogen) atoms. The molecule has 2 aromatic rings. The number of amides is 2. The molecule has 3 rings (SSSR count). The maximum atomic E-state index is 12.8. The molecular formula is C19H19ClN2O5S. The molecule has 2 aromatic carbocycles. The Bertz CT molecular complexity index is 1070.